The number of carbonyl (C=O) groups is 3. The average molecular weight is 672 g/mol. The van der Waals surface area contributed by atoms with Crippen LogP contribution < -0.4 is 0 Å². The van der Waals surface area contributed by atoms with Crippen LogP contribution in [0.4, 0.5) is 4.79 Å². The van der Waals surface area contributed by atoms with Gasteiger partial charge in [0.05, 0.1) is 12.2 Å². The number of ether oxygens (including phenoxy) is 6. The summed E-state index contributed by atoms with van der Waals surface area (Å²) in [5.74, 6) is -2.83. The van der Waals surface area contributed by atoms with Gasteiger partial charge in [-0.3, -0.25) is 0 Å². The van der Waals surface area contributed by atoms with E-state index in [0.29, 0.717) is 31.4 Å². The normalized spacial score (nSPS) is 44.0. The van der Waals surface area contributed by atoms with Crippen LogP contribution in [0.3, 0.4) is 0 Å². The highest BCUT2D eigenvalue weighted by atomic mass is 16.7. The Balaban J connectivity index is 1.31. The summed E-state index contributed by atoms with van der Waals surface area (Å²) in [6.07, 6.45) is 3.55. The summed E-state index contributed by atoms with van der Waals surface area (Å²) in [5.41, 5.74) is -0.606. The molecule has 0 amide bonds. The van der Waals surface area contributed by atoms with E-state index in [0.717, 1.165) is 5.57 Å². The highest BCUT2D eigenvalue weighted by Gasteiger charge is 2.73. The quantitative estimate of drug-likeness (QED) is 0.225. The van der Waals surface area contributed by atoms with Crippen molar-refractivity contribution in [3.05, 3.63) is 47.8 Å². The van der Waals surface area contributed by atoms with Crippen molar-refractivity contribution in [3.63, 3.8) is 0 Å². The lowest BCUT2D eigenvalue weighted by atomic mass is 9.51. The van der Waals surface area contributed by atoms with Crippen LogP contribution in [0.1, 0.15) is 77.2 Å². The van der Waals surface area contributed by atoms with Crippen molar-refractivity contribution in [1.29, 1.82) is 0 Å². The maximum Gasteiger partial charge on any atom is 0.508 e. The number of aromatic amines is 1. The second-order valence-electron chi connectivity index (χ2n) is 14.6. The highest BCUT2D eigenvalue weighted by Crippen LogP contribution is 2.66. The number of H-pyrrole nitrogens is 1. The molecule has 12 heteroatoms. The number of aliphatic hydroxyl groups excluding tert-OH is 2. The van der Waals surface area contributed by atoms with Crippen LogP contribution in [-0.4, -0.2) is 94.8 Å². The van der Waals surface area contributed by atoms with E-state index in [4.69, 9.17) is 28.4 Å². The Morgan fingerprint density at radius 3 is 2.52 bits per heavy atom. The smallest absolute Gasteiger partial charge is 0.456 e. The molecule has 5 aliphatic rings. The predicted octanol–water partition coefficient (Wildman–Crippen LogP) is 4.25. The summed E-state index contributed by atoms with van der Waals surface area (Å²) in [5, 5.41) is 21.9. The number of methoxy groups -OCH3 is 1. The van der Waals surface area contributed by atoms with E-state index in [1.165, 1.54) is 7.11 Å². The van der Waals surface area contributed by atoms with Gasteiger partial charge in [0, 0.05) is 42.4 Å². The highest BCUT2D eigenvalue weighted by molar-refractivity contribution is 5.87. The van der Waals surface area contributed by atoms with E-state index in [-0.39, 0.29) is 24.5 Å². The van der Waals surface area contributed by atoms with Gasteiger partial charge < -0.3 is 43.6 Å². The largest absolute Gasteiger partial charge is 0.508 e. The molecule has 2 saturated carbocycles. The number of aliphatic hydroxyl groups is 2. The van der Waals surface area contributed by atoms with Crippen molar-refractivity contribution in [2.45, 2.75) is 121 Å². The molecule has 1 spiro atoms. The summed E-state index contributed by atoms with van der Waals surface area (Å²) in [6, 6.07) is 3.36. The maximum atomic E-state index is 13.7. The predicted molar refractivity (Wildman–Crippen MR) is 171 cm³/mol. The number of cyclic esters (lactones) is 1. The van der Waals surface area contributed by atoms with Crippen molar-refractivity contribution in [2.24, 2.45) is 29.1 Å². The van der Waals surface area contributed by atoms with Crippen molar-refractivity contribution in [1.82, 2.24) is 4.98 Å². The zero-order valence-corrected chi connectivity index (χ0v) is 28.5. The number of esters is 2. The molecule has 1 unspecified atom stereocenters. The Bertz CT molecular complexity index is 1420. The Kier molecular flexibility index (Phi) is 9.58. The SMILES string of the molecule is CO[C@H]1CC2C=C[C@]3(C)[C@H]4[C@H](O)[C@@H](C)[C@@H](OC(=O)c5ccc[nH]5)[C@@H]3O[C@@]24/C(C)=C/[C@@H](C)[C@@H]([C@@H](C)OC(=O)OC2CCC(O)CC2)OC1=O. The van der Waals surface area contributed by atoms with E-state index in [2.05, 4.69) is 4.98 Å². The summed E-state index contributed by atoms with van der Waals surface area (Å²) in [7, 11) is 1.45. The van der Waals surface area contributed by atoms with Crippen molar-refractivity contribution >= 4 is 18.1 Å². The molecule has 3 aliphatic carbocycles. The molecule has 2 aliphatic heterocycles. The minimum absolute atomic E-state index is 0.205. The zero-order valence-electron chi connectivity index (χ0n) is 28.5. The lowest BCUT2D eigenvalue weighted by Gasteiger charge is -2.53. The summed E-state index contributed by atoms with van der Waals surface area (Å²) in [6.45, 7) is 9.40. The molecule has 3 fully saturated rings. The lowest BCUT2D eigenvalue weighted by Crippen LogP contribution is -2.61. The third-order valence-corrected chi connectivity index (χ3v) is 11.6. The van der Waals surface area contributed by atoms with Crippen LogP contribution in [0, 0.1) is 29.1 Å². The van der Waals surface area contributed by atoms with E-state index in [1.54, 1.807) is 25.3 Å². The van der Waals surface area contributed by atoms with Crippen molar-refractivity contribution in [3.8, 4) is 0 Å². The van der Waals surface area contributed by atoms with Crippen molar-refractivity contribution in [2.75, 3.05) is 7.11 Å². The van der Waals surface area contributed by atoms with Crippen molar-refractivity contribution < 1.29 is 53.0 Å². The molecule has 12 nitrogen and oxygen atoms in total. The van der Waals surface area contributed by atoms with Gasteiger partial charge in [0.2, 0.25) is 0 Å². The van der Waals surface area contributed by atoms with E-state index < -0.39 is 83.5 Å². The van der Waals surface area contributed by atoms with Crippen LogP contribution in [0.15, 0.2) is 42.1 Å². The van der Waals surface area contributed by atoms with Crippen LogP contribution in [-0.2, 0) is 33.2 Å². The molecule has 6 rings (SSSR count). The summed E-state index contributed by atoms with van der Waals surface area (Å²) in [4.78, 5) is 42.5. The first-order valence-electron chi connectivity index (χ1n) is 17.2. The topological polar surface area (TPSA) is 163 Å². The van der Waals surface area contributed by atoms with E-state index in [1.807, 2.05) is 45.9 Å². The number of aromatic nitrogens is 1. The molecule has 48 heavy (non-hydrogen) atoms. The van der Waals surface area contributed by atoms with Crippen LogP contribution in [0.5, 0.6) is 0 Å². The number of carbonyl (C=O) groups excluding carboxylic acids is 3. The molecule has 1 aromatic heterocycles. The molecule has 264 valence electrons. The average Bonchev–Trinajstić information content (AvgIpc) is 3.63. The van der Waals surface area contributed by atoms with E-state index in [9.17, 15) is 24.6 Å². The second-order valence-corrected chi connectivity index (χ2v) is 14.6. The van der Waals surface area contributed by atoms with Gasteiger partial charge >= 0.3 is 18.1 Å². The molecule has 1 saturated heterocycles. The minimum Gasteiger partial charge on any atom is -0.456 e. The van der Waals surface area contributed by atoms with Gasteiger partial charge in [-0.15, -0.1) is 0 Å². The number of hydrogen-bond donors (Lipinski definition) is 3. The summed E-state index contributed by atoms with van der Waals surface area (Å²) >= 11 is 0. The first kappa shape index (κ1) is 34.7. The monoisotopic (exact) mass is 671 g/mol. The van der Waals surface area contributed by atoms with Gasteiger partial charge in [0.15, 0.2) is 6.10 Å². The first-order chi connectivity index (χ1) is 22.8. The Labute approximate surface area is 281 Å². The molecular formula is C36H49NO11. The third kappa shape index (κ3) is 5.88. The molecular weight excluding hydrogens is 622 g/mol. The van der Waals surface area contributed by atoms with Gasteiger partial charge in [-0.1, -0.05) is 39.0 Å². The number of rotatable bonds is 6. The molecule has 0 radical (unpaired) electrons. The first-order valence-corrected chi connectivity index (χ1v) is 17.2. The number of nitrogens with one attached hydrogen (secondary N) is 1. The molecule has 0 aromatic carbocycles. The van der Waals surface area contributed by atoms with Crippen LogP contribution in [0.2, 0.25) is 0 Å². The molecule has 4 bridgehead atoms. The Hall–Kier alpha value is -3.19. The molecule has 12 atom stereocenters. The molecule has 3 N–H and O–H groups in total. The van der Waals surface area contributed by atoms with E-state index >= 15 is 0 Å². The van der Waals surface area contributed by atoms with Gasteiger partial charge in [0.1, 0.15) is 41.8 Å². The van der Waals surface area contributed by atoms with Crippen LogP contribution >= 0.6 is 0 Å². The van der Waals surface area contributed by atoms with Gasteiger partial charge in [-0.2, -0.15) is 0 Å². The maximum absolute atomic E-state index is 13.7. The second kappa shape index (κ2) is 13.3. The Morgan fingerprint density at radius 2 is 1.85 bits per heavy atom. The fourth-order valence-electron chi connectivity index (χ4n) is 9.07. The fourth-order valence-corrected chi connectivity index (χ4v) is 9.07. The Morgan fingerprint density at radius 1 is 1.12 bits per heavy atom. The number of hydrogen-bond acceptors (Lipinski definition) is 11. The molecule has 3 heterocycles. The third-order valence-electron chi connectivity index (χ3n) is 11.6. The molecule has 1 aromatic rings. The van der Waals surface area contributed by atoms with Gasteiger partial charge in [-0.05, 0) is 63.7 Å². The zero-order chi connectivity index (χ0) is 34.5. The summed E-state index contributed by atoms with van der Waals surface area (Å²) < 4.78 is 36.1. The fraction of sp³-hybridized carbons (Fsp3) is 0.694. The van der Waals surface area contributed by atoms with Crippen LogP contribution in [0.25, 0.3) is 0 Å². The van der Waals surface area contributed by atoms with Gasteiger partial charge in [-0.25, -0.2) is 14.4 Å². The van der Waals surface area contributed by atoms with Gasteiger partial charge in [0.25, 0.3) is 0 Å². The minimum atomic E-state index is -1.06. The lowest BCUT2D eigenvalue weighted by molar-refractivity contribution is -0.173. The standard InChI is InChI=1S/C36H49NO11/c1-18-16-19(2)36-22(17-26(43-6)33(41)46-28(18)21(4)44-34(42)45-24-11-9-23(38)10-12-24)13-14-35(5)30(36)27(39)20(3)29(31(35)48-36)47-32(40)25-8-7-15-37-25/h7-8,13-16,18,20-24,26-31,37-39H,9-12,17H2,1-6H3/b19-16+/t18-,20-,21-,22?,23?,24?,26+,27-,28+,29-,30-,31+,35-,36+/m1/s1.